The van der Waals surface area contributed by atoms with E-state index in [4.69, 9.17) is 18.9 Å². The van der Waals surface area contributed by atoms with E-state index in [1.807, 2.05) is 6.92 Å². The van der Waals surface area contributed by atoms with Crippen LogP contribution in [0.3, 0.4) is 0 Å². The van der Waals surface area contributed by atoms with Crippen LogP contribution in [0, 0.1) is 12.8 Å². The Morgan fingerprint density at radius 1 is 1.17 bits per heavy atom. The van der Waals surface area contributed by atoms with Crippen molar-refractivity contribution >= 4 is 13.1 Å². The molecule has 2 aromatic rings. The third kappa shape index (κ3) is 6.79. The highest BCUT2D eigenvalue weighted by atomic mass is 31.2. The number of aryl methyl sites for hydroxylation is 1. The van der Waals surface area contributed by atoms with Gasteiger partial charge in [0.1, 0.15) is 12.2 Å². The summed E-state index contributed by atoms with van der Waals surface area (Å²) in [4.78, 5) is 39.9. The van der Waals surface area contributed by atoms with Crippen molar-refractivity contribution in [2.24, 2.45) is 5.92 Å². The third-order valence-corrected chi connectivity index (χ3v) is 7.24. The van der Waals surface area contributed by atoms with Gasteiger partial charge in [0.15, 0.2) is 12.3 Å². The topological polar surface area (TPSA) is 126 Å². The number of carbonyl (C=O) groups is 1. The highest BCUT2D eigenvalue weighted by Gasteiger charge is 2.51. The summed E-state index contributed by atoms with van der Waals surface area (Å²) in [5.74, 6) is -0.860. The Labute approximate surface area is 203 Å². The fourth-order valence-electron chi connectivity index (χ4n) is 4.26. The van der Waals surface area contributed by atoms with Gasteiger partial charge in [0.25, 0.3) is 5.56 Å². The second kappa shape index (κ2) is 11.5. The van der Waals surface area contributed by atoms with Crippen LogP contribution in [-0.2, 0) is 23.5 Å². The summed E-state index contributed by atoms with van der Waals surface area (Å²) in [5, 5.41) is 0. The number of aromatic nitrogens is 2. The van der Waals surface area contributed by atoms with Crippen LogP contribution in [0.4, 0.5) is 0 Å². The Kier molecular flexibility index (Phi) is 8.88. The molecule has 0 spiro atoms. The molecule has 1 aliphatic rings. The second-order valence-electron chi connectivity index (χ2n) is 9.27. The van der Waals surface area contributed by atoms with E-state index in [-0.39, 0.29) is 19.1 Å². The quantitative estimate of drug-likeness (QED) is 0.294. The van der Waals surface area contributed by atoms with Gasteiger partial charge in [0, 0.05) is 25.0 Å². The van der Waals surface area contributed by atoms with Gasteiger partial charge in [0.2, 0.25) is 0 Å². The molecule has 1 saturated heterocycles. The first-order valence-corrected chi connectivity index (χ1v) is 14.2. The number of aromatic amines is 1. The van der Waals surface area contributed by atoms with Crippen LogP contribution < -0.4 is 11.2 Å². The number of hydrogen-bond acceptors (Lipinski definition) is 8. The largest absolute Gasteiger partial charge is 0.453 e. The predicted molar refractivity (Wildman–Crippen MR) is 131 cm³/mol. The number of nitrogens with one attached hydrogen (secondary N) is 1. The zero-order valence-corrected chi connectivity index (χ0v) is 21.5. The minimum atomic E-state index is -2.45. The summed E-state index contributed by atoms with van der Waals surface area (Å²) in [6, 6.07) is 8.51. The van der Waals surface area contributed by atoms with Gasteiger partial charge in [-0.1, -0.05) is 25.1 Å². The summed E-state index contributed by atoms with van der Waals surface area (Å²) in [7, 11) is -0.924. The molecule has 192 valence electrons. The van der Waals surface area contributed by atoms with Gasteiger partial charge < -0.3 is 23.5 Å². The van der Waals surface area contributed by atoms with Crippen molar-refractivity contribution in [2.75, 3.05) is 39.8 Å². The summed E-state index contributed by atoms with van der Waals surface area (Å²) in [6.07, 6.45) is -1.77. The predicted octanol–water partition coefficient (Wildman–Crippen LogP) is 2.26. The Morgan fingerprint density at radius 3 is 2.49 bits per heavy atom. The molecular formula is C24H33N2O8P. The average molecular weight is 509 g/mol. The minimum Gasteiger partial charge on any atom is -0.453 e. The average Bonchev–Trinajstić information content (AvgIpc) is 3.14. The number of H-pyrrole nitrogens is 1. The fraction of sp³-hybridized carbons (Fsp3) is 0.542. The van der Waals surface area contributed by atoms with E-state index in [2.05, 4.69) is 4.98 Å². The van der Waals surface area contributed by atoms with Crippen molar-refractivity contribution in [3.8, 4) is 0 Å². The molecule has 1 aromatic heterocycles. The number of methoxy groups -OCH3 is 1. The van der Waals surface area contributed by atoms with Gasteiger partial charge in [-0.05, 0) is 38.3 Å². The lowest BCUT2D eigenvalue weighted by Crippen LogP contribution is -2.43. The lowest BCUT2D eigenvalue weighted by atomic mass is 9.99. The molecule has 10 nitrogen and oxygen atoms in total. The Hall–Kier alpha value is -2.52. The van der Waals surface area contributed by atoms with Crippen molar-refractivity contribution in [1.29, 1.82) is 0 Å². The van der Waals surface area contributed by atoms with Crippen LogP contribution in [0.15, 0.2) is 46.1 Å². The van der Waals surface area contributed by atoms with E-state index >= 15 is 0 Å². The molecule has 1 aliphatic heterocycles. The van der Waals surface area contributed by atoms with Gasteiger partial charge in [-0.2, -0.15) is 0 Å². The highest BCUT2D eigenvalue weighted by molar-refractivity contribution is 7.62. The Balaban J connectivity index is 2.04. The molecule has 0 aliphatic carbocycles. The molecule has 2 heterocycles. The monoisotopic (exact) mass is 508 g/mol. The van der Waals surface area contributed by atoms with Crippen LogP contribution in [0.2, 0.25) is 0 Å². The van der Waals surface area contributed by atoms with E-state index in [1.165, 1.54) is 17.9 Å². The molecular weight excluding hydrogens is 475 g/mol. The van der Waals surface area contributed by atoms with Crippen molar-refractivity contribution in [2.45, 2.75) is 38.4 Å². The summed E-state index contributed by atoms with van der Waals surface area (Å²) >= 11 is 0. The minimum absolute atomic E-state index is 0.151. The van der Waals surface area contributed by atoms with E-state index in [0.717, 1.165) is 0 Å². The second-order valence-corrected chi connectivity index (χ2v) is 12.8. The number of benzene rings is 1. The molecule has 11 heteroatoms. The molecule has 0 radical (unpaired) electrons. The van der Waals surface area contributed by atoms with Gasteiger partial charge in [-0.25, -0.2) is 9.59 Å². The Bertz CT molecular complexity index is 1170. The molecule has 1 fully saturated rings. The first-order valence-electron chi connectivity index (χ1n) is 11.4. The molecule has 1 N–H and O–H groups in total. The number of carbonyl (C=O) groups excluding carboxylic acids is 1. The summed E-state index contributed by atoms with van der Waals surface area (Å²) < 4.78 is 37.2. The van der Waals surface area contributed by atoms with Gasteiger partial charge in [-0.3, -0.25) is 14.3 Å². The van der Waals surface area contributed by atoms with Crippen molar-refractivity contribution < 1.29 is 28.3 Å². The van der Waals surface area contributed by atoms with E-state index in [1.54, 1.807) is 50.6 Å². The van der Waals surface area contributed by atoms with E-state index in [0.29, 0.717) is 17.3 Å². The molecule has 0 amide bonds. The first kappa shape index (κ1) is 27.1. The van der Waals surface area contributed by atoms with Gasteiger partial charge in [-0.15, -0.1) is 0 Å². The number of esters is 1. The maximum atomic E-state index is 13.0. The SMILES string of the molecule is COCCO[C@@H]1[C@H](OC(=O)c2ccccc2)[C@@H](C(C)CP(C)(C)=O)O[C@H]1n1cc(C)c(=O)[nH]c1=O. The van der Waals surface area contributed by atoms with Crippen molar-refractivity contribution in [3.05, 3.63) is 68.5 Å². The maximum absolute atomic E-state index is 13.0. The van der Waals surface area contributed by atoms with Crippen LogP contribution in [-0.4, -0.2) is 73.6 Å². The fourth-order valence-corrected chi connectivity index (χ4v) is 5.86. The Morgan fingerprint density at radius 2 is 1.86 bits per heavy atom. The van der Waals surface area contributed by atoms with Crippen LogP contribution >= 0.6 is 7.14 Å². The third-order valence-electron chi connectivity index (χ3n) is 5.78. The first-order chi connectivity index (χ1) is 16.5. The number of nitrogens with zero attached hydrogens (tertiary/aromatic N) is 1. The highest BCUT2D eigenvalue weighted by Crippen LogP contribution is 2.44. The van der Waals surface area contributed by atoms with Crippen LogP contribution in [0.5, 0.6) is 0 Å². The van der Waals surface area contributed by atoms with E-state index in [9.17, 15) is 18.9 Å². The van der Waals surface area contributed by atoms with Crippen LogP contribution in [0.25, 0.3) is 0 Å². The van der Waals surface area contributed by atoms with Gasteiger partial charge >= 0.3 is 11.7 Å². The number of ether oxygens (including phenoxy) is 4. The van der Waals surface area contributed by atoms with Crippen molar-refractivity contribution in [3.63, 3.8) is 0 Å². The van der Waals surface area contributed by atoms with Gasteiger partial charge in [0.05, 0.1) is 25.9 Å². The lowest BCUT2D eigenvalue weighted by molar-refractivity contribution is -0.0832. The normalized spacial score (nSPS) is 23.2. The summed E-state index contributed by atoms with van der Waals surface area (Å²) in [6.45, 7) is 7.22. The summed E-state index contributed by atoms with van der Waals surface area (Å²) in [5.41, 5.74) is -0.517. The molecule has 3 rings (SSSR count). The number of hydrogen-bond donors (Lipinski definition) is 1. The smallest absolute Gasteiger partial charge is 0.338 e. The zero-order chi connectivity index (χ0) is 25.8. The number of rotatable bonds is 10. The van der Waals surface area contributed by atoms with Crippen LogP contribution in [0.1, 0.15) is 29.1 Å². The zero-order valence-electron chi connectivity index (χ0n) is 20.6. The van der Waals surface area contributed by atoms with E-state index < -0.39 is 48.9 Å². The van der Waals surface area contributed by atoms with Crippen molar-refractivity contribution in [1.82, 2.24) is 9.55 Å². The molecule has 5 atom stereocenters. The standard InChI is InChI=1S/C24H33N2O8P/c1-15-13-26(24(29)25-21(15)27)22-20(32-12-11-31-3)19(18(33-22)16(2)14-35(4,5)30)34-23(28)17-9-7-6-8-10-17/h6-10,13,16,18-20,22H,11-12,14H2,1-5H3,(H,25,27,29)/t16?,18-,19-,20-,22-/m1/s1. The maximum Gasteiger partial charge on any atom is 0.338 e. The molecule has 0 bridgehead atoms. The molecule has 0 saturated carbocycles. The molecule has 35 heavy (non-hydrogen) atoms. The lowest BCUT2D eigenvalue weighted by Gasteiger charge is -2.28. The molecule has 1 unspecified atom stereocenters. The molecule has 1 aromatic carbocycles.